The summed E-state index contributed by atoms with van der Waals surface area (Å²) in [6, 6.07) is 3.08. The Labute approximate surface area is 144 Å². The largest absolute Gasteiger partial charge is 0.530 e. The lowest BCUT2D eigenvalue weighted by atomic mass is 10.1. The number of anilines is 2. The fourth-order valence-corrected chi connectivity index (χ4v) is 2.47. The number of ether oxygens (including phenoxy) is 1. The van der Waals surface area contributed by atoms with Crippen molar-refractivity contribution in [2.45, 2.75) is 6.92 Å². The minimum atomic E-state index is -1.47. The Morgan fingerprint density at radius 1 is 1.04 bits per heavy atom. The highest BCUT2D eigenvalue weighted by atomic mass is 35.5. The number of benzene rings is 1. The zero-order valence-electron chi connectivity index (χ0n) is 12.7. The molecule has 7 nitrogen and oxygen atoms in total. The van der Waals surface area contributed by atoms with Crippen LogP contribution >= 0.6 is 23.2 Å². The van der Waals surface area contributed by atoms with Gasteiger partial charge in [-0.2, -0.15) is 0 Å². The maximum Gasteiger partial charge on any atom is 0.166 e. The van der Waals surface area contributed by atoms with Crippen LogP contribution in [-0.4, -0.2) is 44.1 Å². The highest BCUT2D eigenvalue weighted by Gasteiger charge is 2.21. The molecule has 2 amide bonds. The molecule has 0 spiro atoms. The van der Waals surface area contributed by atoms with Crippen LogP contribution in [0.3, 0.4) is 0 Å². The number of rotatable bonds is 7. The molecule has 1 rings (SSSR count). The van der Waals surface area contributed by atoms with Gasteiger partial charge >= 0.3 is 0 Å². The summed E-state index contributed by atoms with van der Waals surface area (Å²) in [5.74, 6) is 0.123. The van der Waals surface area contributed by atoms with Crippen LogP contribution in [0.15, 0.2) is 12.1 Å². The van der Waals surface area contributed by atoms with Crippen LogP contribution in [0.25, 0.3) is 0 Å². The van der Waals surface area contributed by atoms with Gasteiger partial charge in [-0.05, 0) is 24.6 Å². The van der Waals surface area contributed by atoms with E-state index in [2.05, 4.69) is 0 Å². The molecule has 0 bridgehead atoms. The van der Waals surface area contributed by atoms with Crippen molar-refractivity contribution in [3.63, 3.8) is 0 Å². The van der Waals surface area contributed by atoms with Gasteiger partial charge in [0, 0.05) is 24.8 Å². The summed E-state index contributed by atoms with van der Waals surface area (Å²) in [6.45, 7) is 1.61. The van der Waals surface area contributed by atoms with Crippen molar-refractivity contribution in [2.75, 3.05) is 41.8 Å². The first-order valence-electron chi connectivity index (χ1n) is 6.64. The molecule has 9 heteroatoms. The Morgan fingerprint density at radius 3 is 1.70 bits per heavy atom. The number of carbonyl (C=O) groups excluding carboxylic acids is 2. The summed E-state index contributed by atoms with van der Waals surface area (Å²) < 4.78 is 5.23. The van der Waals surface area contributed by atoms with Crippen molar-refractivity contribution in [1.82, 2.24) is 0 Å². The molecule has 1 aromatic carbocycles. The van der Waals surface area contributed by atoms with E-state index in [1.807, 2.05) is 0 Å². The Morgan fingerprint density at radius 2 is 1.43 bits per heavy atom. The molecule has 0 saturated heterocycles. The minimum absolute atomic E-state index is 0.0340. The first kappa shape index (κ1) is 19.2. The van der Waals surface area contributed by atoms with E-state index < -0.39 is 12.2 Å². The summed E-state index contributed by atoms with van der Waals surface area (Å²) in [5, 5.41) is 22.7. The van der Waals surface area contributed by atoms with Gasteiger partial charge < -0.3 is 34.3 Å². The molecular weight excluding hydrogens is 347 g/mol. The number of alkyl halides is 2. The fraction of sp³-hybridized carbons (Fsp3) is 0.429. The van der Waals surface area contributed by atoms with Crippen LogP contribution in [0, 0.1) is 6.92 Å². The predicted molar refractivity (Wildman–Crippen MR) is 84.7 cm³/mol. The first-order chi connectivity index (χ1) is 10.9. The third kappa shape index (κ3) is 4.56. The van der Waals surface area contributed by atoms with Crippen molar-refractivity contribution in [2.24, 2.45) is 0 Å². The van der Waals surface area contributed by atoms with Gasteiger partial charge in [-0.15, -0.1) is 23.2 Å². The molecule has 23 heavy (non-hydrogen) atoms. The number of nitrogens with zero attached hydrogens (tertiary/aromatic N) is 2. The third-order valence-electron chi connectivity index (χ3n) is 3.04. The van der Waals surface area contributed by atoms with Crippen LogP contribution in [0.5, 0.6) is 5.75 Å². The van der Waals surface area contributed by atoms with Gasteiger partial charge in [-0.1, -0.05) is 0 Å². The number of hydrogen-bond donors (Lipinski definition) is 0. The average Bonchev–Trinajstić information content (AvgIpc) is 2.48. The van der Waals surface area contributed by atoms with Crippen molar-refractivity contribution in [3.05, 3.63) is 17.7 Å². The van der Waals surface area contributed by atoms with E-state index in [9.17, 15) is 19.8 Å². The highest BCUT2D eigenvalue weighted by Crippen LogP contribution is 2.39. The van der Waals surface area contributed by atoms with E-state index in [-0.39, 0.29) is 42.0 Å². The first-order valence-corrected chi connectivity index (χ1v) is 7.71. The summed E-state index contributed by atoms with van der Waals surface area (Å²) >= 11 is 11.2. The Hall–Kier alpha value is -1.86. The van der Waals surface area contributed by atoms with Crippen LogP contribution in [0.4, 0.5) is 21.0 Å². The molecular formula is C14H16Cl2N2O5-2. The number of hydrogen-bond acceptors (Lipinski definition) is 5. The maximum absolute atomic E-state index is 11.3. The normalized spacial score (nSPS) is 10.3. The molecule has 0 aliphatic carbocycles. The van der Waals surface area contributed by atoms with Crippen LogP contribution in [0.1, 0.15) is 5.56 Å². The summed E-state index contributed by atoms with van der Waals surface area (Å²) in [5.41, 5.74) is 0.908. The van der Waals surface area contributed by atoms with E-state index in [0.29, 0.717) is 5.56 Å². The zero-order valence-corrected chi connectivity index (χ0v) is 14.2. The minimum Gasteiger partial charge on any atom is -0.530 e. The molecule has 0 aliphatic rings. The second-order valence-electron chi connectivity index (χ2n) is 4.55. The van der Waals surface area contributed by atoms with Gasteiger partial charge in [0.15, 0.2) is 5.75 Å². The quantitative estimate of drug-likeness (QED) is 0.667. The molecule has 0 fully saturated rings. The lowest BCUT2D eigenvalue weighted by Gasteiger charge is -2.31. The summed E-state index contributed by atoms with van der Waals surface area (Å²) in [4.78, 5) is 24.5. The summed E-state index contributed by atoms with van der Waals surface area (Å²) in [7, 11) is 1.31. The number of carboxylic acid groups (broad SMARTS) is 2. The third-order valence-corrected chi connectivity index (χ3v) is 3.37. The van der Waals surface area contributed by atoms with E-state index in [4.69, 9.17) is 27.9 Å². The van der Waals surface area contributed by atoms with Gasteiger partial charge in [0.25, 0.3) is 0 Å². The van der Waals surface area contributed by atoms with Crippen molar-refractivity contribution >= 4 is 46.8 Å². The Balaban J connectivity index is 3.54. The number of carbonyl (C=O) groups is 2. The molecule has 128 valence electrons. The molecule has 0 aliphatic heterocycles. The van der Waals surface area contributed by atoms with E-state index in [1.165, 1.54) is 7.11 Å². The fourth-order valence-electron chi connectivity index (χ4n) is 2.13. The number of halogens is 2. The lowest BCUT2D eigenvalue weighted by molar-refractivity contribution is -0.247. The second-order valence-corrected chi connectivity index (χ2v) is 5.31. The summed E-state index contributed by atoms with van der Waals surface area (Å²) in [6.07, 6.45) is -2.95. The zero-order chi connectivity index (χ0) is 17.6. The van der Waals surface area contributed by atoms with Crippen LogP contribution in [-0.2, 0) is 0 Å². The molecule has 0 heterocycles. The number of amides is 2. The average molecular weight is 363 g/mol. The Kier molecular flexibility index (Phi) is 7.25. The number of aryl methyl sites for hydroxylation is 1. The molecule has 0 radical (unpaired) electrons. The SMILES string of the molecule is COc1c(N(CCCl)C(=O)[O-])cc(C)cc1N(CCCl)C(=O)[O-]. The highest BCUT2D eigenvalue weighted by molar-refractivity contribution is 6.18. The molecule has 0 aromatic heterocycles. The molecule has 0 saturated carbocycles. The Bertz CT molecular complexity index is 537. The lowest BCUT2D eigenvalue weighted by Crippen LogP contribution is -2.44. The van der Waals surface area contributed by atoms with Gasteiger partial charge in [-0.3, -0.25) is 0 Å². The van der Waals surface area contributed by atoms with Crippen molar-refractivity contribution < 1.29 is 24.5 Å². The van der Waals surface area contributed by atoms with Gasteiger partial charge in [0.1, 0.15) is 12.2 Å². The monoisotopic (exact) mass is 362 g/mol. The topological polar surface area (TPSA) is 96.0 Å². The maximum atomic E-state index is 11.3. The van der Waals surface area contributed by atoms with Crippen LogP contribution in [0.2, 0.25) is 0 Å². The molecule has 0 N–H and O–H groups in total. The van der Waals surface area contributed by atoms with Gasteiger partial charge in [-0.25, -0.2) is 0 Å². The van der Waals surface area contributed by atoms with Crippen molar-refractivity contribution in [1.29, 1.82) is 0 Å². The van der Waals surface area contributed by atoms with Gasteiger partial charge in [0.2, 0.25) is 0 Å². The molecule has 1 aromatic rings. The molecule has 0 unspecified atom stereocenters. The van der Waals surface area contributed by atoms with Gasteiger partial charge in [0.05, 0.1) is 18.5 Å². The van der Waals surface area contributed by atoms with Crippen LogP contribution < -0.4 is 24.7 Å². The predicted octanol–water partition coefficient (Wildman–Crippen LogP) is 0.781. The smallest absolute Gasteiger partial charge is 0.166 e. The van der Waals surface area contributed by atoms with E-state index in [0.717, 1.165) is 9.80 Å². The standard InChI is InChI=1S/C14H18Cl2N2O5/c1-9-7-10(17(5-3-15)13(19)20)12(23-2)11(8-9)18(6-4-16)14(21)22/h7-8H,3-6H2,1-2H3,(H,19,20)(H,21,22)/p-2. The van der Waals surface area contributed by atoms with E-state index in [1.54, 1.807) is 19.1 Å². The van der Waals surface area contributed by atoms with Crippen molar-refractivity contribution in [3.8, 4) is 5.75 Å². The number of methoxy groups -OCH3 is 1. The second kappa shape index (κ2) is 8.69. The molecule has 0 atom stereocenters. The van der Waals surface area contributed by atoms with E-state index >= 15 is 0 Å².